The van der Waals surface area contributed by atoms with Crippen LogP contribution in [0.4, 0.5) is 0 Å². The molecule has 3 aromatic carbocycles. The Morgan fingerprint density at radius 1 is 0.739 bits per heavy atom. The monoisotopic (exact) mass is 324 g/mol. The fourth-order valence-corrected chi connectivity index (χ4v) is 2.23. The molecule has 0 saturated carbocycles. The van der Waals surface area contributed by atoms with Gasteiger partial charge in [0, 0.05) is 11.1 Å². The van der Waals surface area contributed by atoms with Crippen LogP contribution in [0.25, 0.3) is 33.5 Å². The highest BCUT2D eigenvalue weighted by atomic mass is 35.5. The summed E-state index contributed by atoms with van der Waals surface area (Å²) in [7, 11) is 0. The van der Waals surface area contributed by atoms with Gasteiger partial charge in [-0.05, 0) is 28.4 Å². The van der Waals surface area contributed by atoms with Crippen LogP contribution in [0.2, 0.25) is 5.28 Å². The number of fused-ring (bicyclic) bond motifs is 1. The molecule has 110 valence electrons. The van der Waals surface area contributed by atoms with Crippen molar-refractivity contribution in [1.82, 2.24) is 15.0 Å². The molecular formula is C19H12ClN3. The SMILES string of the molecule is [2H]c1c([2H])c([2H])c2c([2H])c(-c3nc(Cl)nc(-c4ccccc4)n3)c([2H])c([2H])c2c1[2H]. The van der Waals surface area contributed by atoms with Crippen LogP contribution < -0.4 is 0 Å². The maximum Gasteiger partial charge on any atom is 0.226 e. The second kappa shape index (κ2) is 5.78. The average Bonchev–Trinajstić information content (AvgIpc) is 2.73. The van der Waals surface area contributed by atoms with Crippen molar-refractivity contribution < 1.29 is 9.60 Å². The summed E-state index contributed by atoms with van der Waals surface area (Å²) in [6, 6.07) is 5.66. The molecule has 0 aliphatic rings. The first-order valence-corrected chi connectivity index (χ1v) is 7.07. The lowest BCUT2D eigenvalue weighted by Gasteiger charge is -2.06. The Balaban J connectivity index is 2.10. The number of halogens is 1. The molecule has 0 spiro atoms. The van der Waals surface area contributed by atoms with Gasteiger partial charge in [-0.2, -0.15) is 9.97 Å². The first-order valence-electron chi connectivity index (χ1n) is 10.2. The Labute approximate surface area is 148 Å². The Morgan fingerprint density at radius 2 is 1.43 bits per heavy atom. The van der Waals surface area contributed by atoms with E-state index in [2.05, 4.69) is 15.0 Å². The number of rotatable bonds is 2. The van der Waals surface area contributed by atoms with E-state index >= 15 is 0 Å². The summed E-state index contributed by atoms with van der Waals surface area (Å²) in [5.41, 5.74) is 0.480. The van der Waals surface area contributed by atoms with E-state index in [0.717, 1.165) is 0 Å². The van der Waals surface area contributed by atoms with Gasteiger partial charge in [-0.3, -0.25) is 0 Å². The van der Waals surface area contributed by atoms with E-state index in [4.69, 9.17) is 21.2 Å². The summed E-state index contributed by atoms with van der Waals surface area (Å²) in [6.45, 7) is 0. The lowest BCUT2D eigenvalue weighted by Crippen LogP contribution is -1.97. The van der Waals surface area contributed by atoms with Crippen molar-refractivity contribution >= 4 is 22.4 Å². The second-order valence-corrected chi connectivity index (χ2v) is 4.96. The van der Waals surface area contributed by atoms with E-state index in [-0.39, 0.29) is 39.3 Å². The lowest BCUT2D eigenvalue weighted by atomic mass is 10.1. The summed E-state index contributed by atoms with van der Waals surface area (Å²) >= 11 is 6.06. The molecule has 23 heavy (non-hydrogen) atoms. The molecule has 4 aromatic rings. The minimum absolute atomic E-state index is 0.119. The number of nitrogens with zero attached hydrogens (tertiary/aromatic N) is 3. The quantitative estimate of drug-likeness (QED) is 0.520. The van der Waals surface area contributed by atoms with E-state index in [0.29, 0.717) is 5.56 Å². The zero-order valence-corrected chi connectivity index (χ0v) is 12.4. The first kappa shape index (κ1) is 8.18. The van der Waals surface area contributed by atoms with Crippen LogP contribution in [0.5, 0.6) is 0 Å². The largest absolute Gasteiger partial charge is 0.226 e. The van der Waals surface area contributed by atoms with Gasteiger partial charge in [0.1, 0.15) is 0 Å². The number of benzene rings is 3. The molecule has 4 heteroatoms. The van der Waals surface area contributed by atoms with Crippen LogP contribution in [-0.4, -0.2) is 15.0 Å². The molecular weight excluding hydrogens is 306 g/mol. The van der Waals surface area contributed by atoms with Gasteiger partial charge >= 0.3 is 0 Å². The molecule has 0 aliphatic carbocycles. The minimum atomic E-state index is -0.526. The van der Waals surface area contributed by atoms with Gasteiger partial charge < -0.3 is 0 Å². The molecule has 1 aromatic heterocycles. The molecule has 0 N–H and O–H groups in total. The minimum Gasteiger partial charge on any atom is -0.208 e. The van der Waals surface area contributed by atoms with Gasteiger partial charge in [-0.25, -0.2) is 4.98 Å². The van der Waals surface area contributed by atoms with Crippen LogP contribution in [0.3, 0.4) is 0 Å². The average molecular weight is 325 g/mol. The summed E-state index contributed by atoms with van der Waals surface area (Å²) < 4.78 is 57.3. The predicted octanol–water partition coefficient (Wildman–Crippen LogP) is 5.01. The van der Waals surface area contributed by atoms with Gasteiger partial charge in [-0.1, -0.05) is 66.6 Å². The molecule has 0 fully saturated rings. The van der Waals surface area contributed by atoms with Crippen molar-refractivity contribution in [2.75, 3.05) is 0 Å². The standard InChI is InChI=1S/C19H12ClN3/c20-19-22-17(14-7-2-1-3-8-14)21-18(23-19)16-11-10-13-6-4-5-9-15(13)12-16/h1-12H/i4D,5D,6D,9D,10D,11D,12D. The van der Waals surface area contributed by atoms with Gasteiger partial charge in [-0.15, -0.1) is 0 Å². The molecule has 3 nitrogen and oxygen atoms in total. The lowest BCUT2D eigenvalue weighted by molar-refractivity contribution is 1.07. The highest BCUT2D eigenvalue weighted by molar-refractivity contribution is 6.28. The molecule has 4 rings (SSSR count). The summed E-state index contributed by atoms with van der Waals surface area (Å²) in [5.74, 6) is 0.0951. The smallest absolute Gasteiger partial charge is 0.208 e. The van der Waals surface area contributed by atoms with Crippen LogP contribution in [0.1, 0.15) is 9.60 Å². The van der Waals surface area contributed by atoms with Crippen molar-refractivity contribution in [3.8, 4) is 22.8 Å². The highest BCUT2D eigenvalue weighted by Crippen LogP contribution is 2.24. The molecule has 0 unspecified atom stereocenters. The zero-order chi connectivity index (χ0) is 21.7. The second-order valence-electron chi connectivity index (χ2n) is 4.62. The van der Waals surface area contributed by atoms with Crippen molar-refractivity contribution in [3.63, 3.8) is 0 Å². The molecule has 0 saturated heterocycles. The van der Waals surface area contributed by atoms with Crippen molar-refractivity contribution in [1.29, 1.82) is 0 Å². The Morgan fingerprint density at radius 3 is 2.22 bits per heavy atom. The van der Waals surface area contributed by atoms with E-state index in [1.807, 2.05) is 6.07 Å². The normalized spacial score (nSPS) is 15.1. The Hall–Kier alpha value is -2.78. The van der Waals surface area contributed by atoms with Gasteiger partial charge in [0.05, 0.1) is 9.60 Å². The van der Waals surface area contributed by atoms with E-state index in [1.165, 1.54) is 0 Å². The van der Waals surface area contributed by atoms with Gasteiger partial charge in [0.2, 0.25) is 5.28 Å². The predicted molar refractivity (Wildman–Crippen MR) is 93.2 cm³/mol. The Kier molecular flexibility index (Phi) is 2.06. The maximum atomic E-state index is 8.57. The van der Waals surface area contributed by atoms with E-state index in [9.17, 15) is 0 Å². The third-order valence-electron chi connectivity index (χ3n) is 3.11. The molecule has 0 atom stereocenters. The van der Waals surface area contributed by atoms with Crippen molar-refractivity contribution in [3.05, 3.63) is 77.9 Å². The third kappa shape index (κ3) is 2.79. The van der Waals surface area contributed by atoms with Crippen molar-refractivity contribution in [2.24, 2.45) is 0 Å². The van der Waals surface area contributed by atoms with Crippen molar-refractivity contribution in [2.45, 2.75) is 0 Å². The summed E-state index contributed by atoms with van der Waals surface area (Å²) in [4.78, 5) is 12.4. The van der Waals surface area contributed by atoms with E-state index < -0.39 is 36.3 Å². The van der Waals surface area contributed by atoms with Crippen LogP contribution >= 0.6 is 11.6 Å². The van der Waals surface area contributed by atoms with Crippen LogP contribution in [0, 0.1) is 0 Å². The molecule has 0 amide bonds. The highest BCUT2D eigenvalue weighted by Gasteiger charge is 2.09. The number of aromatic nitrogens is 3. The first-order chi connectivity index (χ1) is 14.2. The number of hydrogen-bond donors (Lipinski definition) is 0. The Bertz CT molecular complexity index is 1330. The summed E-state index contributed by atoms with van der Waals surface area (Å²) in [5, 5.41) is -0.530. The molecule has 0 aliphatic heterocycles. The molecule has 0 radical (unpaired) electrons. The topological polar surface area (TPSA) is 38.7 Å². The van der Waals surface area contributed by atoms with Crippen LogP contribution in [0.15, 0.2) is 72.6 Å². The fourth-order valence-electron chi connectivity index (χ4n) is 2.07. The summed E-state index contributed by atoms with van der Waals surface area (Å²) in [6.07, 6.45) is 0. The fraction of sp³-hybridized carbons (Fsp3) is 0. The zero-order valence-electron chi connectivity index (χ0n) is 18.6. The molecule has 0 bridgehead atoms. The third-order valence-corrected chi connectivity index (χ3v) is 3.28. The number of hydrogen-bond acceptors (Lipinski definition) is 3. The van der Waals surface area contributed by atoms with Gasteiger partial charge in [0.15, 0.2) is 11.6 Å². The molecule has 1 heterocycles. The van der Waals surface area contributed by atoms with Gasteiger partial charge in [0.25, 0.3) is 0 Å². The van der Waals surface area contributed by atoms with Crippen LogP contribution in [-0.2, 0) is 0 Å². The maximum absolute atomic E-state index is 8.57. The van der Waals surface area contributed by atoms with E-state index in [1.54, 1.807) is 24.3 Å².